The second-order valence-electron chi connectivity index (χ2n) is 3.06. The Morgan fingerprint density at radius 2 is 2.17 bits per heavy atom. The normalized spacial score (nSPS) is 13.5. The van der Waals surface area contributed by atoms with E-state index in [1.165, 1.54) is 19.3 Å². The second kappa shape index (κ2) is 8.54. The van der Waals surface area contributed by atoms with Gasteiger partial charge in [0.2, 0.25) is 0 Å². The van der Waals surface area contributed by atoms with Gasteiger partial charge in [0.25, 0.3) is 0 Å². The zero-order valence-electron chi connectivity index (χ0n) is 8.34. The van der Waals surface area contributed by atoms with Gasteiger partial charge in [-0.1, -0.05) is 38.2 Å². The molecule has 0 saturated carbocycles. The standard InChI is InChI=1S/C11H21N/c1-4-6-8-11(7-5-2)9-10-12-3/h4,6,8,11-12H,1,5,7,9-10H2,2-3H3. The topological polar surface area (TPSA) is 12.0 Å². The van der Waals surface area contributed by atoms with Crippen LogP contribution in [0, 0.1) is 5.92 Å². The van der Waals surface area contributed by atoms with Gasteiger partial charge in [0.15, 0.2) is 0 Å². The van der Waals surface area contributed by atoms with Crippen LogP contribution in [0.25, 0.3) is 0 Å². The maximum atomic E-state index is 3.67. The molecule has 0 aromatic rings. The molecule has 0 rings (SSSR count). The molecule has 1 atom stereocenters. The van der Waals surface area contributed by atoms with E-state index < -0.39 is 0 Å². The highest BCUT2D eigenvalue weighted by Gasteiger charge is 2.01. The maximum Gasteiger partial charge on any atom is -0.00463 e. The zero-order valence-corrected chi connectivity index (χ0v) is 8.34. The summed E-state index contributed by atoms with van der Waals surface area (Å²) in [6.07, 6.45) is 9.93. The molecular formula is C11H21N. The van der Waals surface area contributed by atoms with Crippen molar-refractivity contribution < 1.29 is 0 Å². The molecular weight excluding hydrogens is 146 g/mol. The summed E-state index contributed by atoms with van der Waals surface area (Å²) < 4.78 is 0. The molecule has 0 bridgehead atoms. The largest absolute Gasteiger partial charge is 0.320 e. The first-order valence-electron chi connectivity index (χ1n) is 4.79. The van der Waals surface area contributed by atoms with Crippen molar-refractivity contribution in [3.63, 3.8) is 0 Å². The Bertz CT molecular complexity index is 127. The van der Waals surface area contributed by atoms with E-state index in [2.05, 4.69) is 31.0 Å². The Balaban J connectivity index is 3.68. The average Bonchev–Trinajstić information content (AvgIpc) is 2.10. The van der Waals surface area contributed by atoms with E-state index in [0.717, 1.165) is 12.5 Å². The van der Waals surface area contributed by atoms with E-state index in [0.29, 0.717) is 0 Å². The lowest BCUT2D eigenvalue weighted by molar-refractivity contribution is 0.522. The van der Waals surface area contributed by atoms with Crippen molar-refractivity contribution in [3.05, 3.63) is 24.8 Å². The van der Waals surface area contributed by atoms with E-state index in [4.69, 9.17) is 0 Å². The van der Waals surface area contributed by atoms with Crippen LogP contribution in [0.3, 0.4) is 0 Å². The fourth-order valence-corrected chi connectivity index (χ4v) is 1.27. The minimum atomic E-state index is 0.723. The van der Waals surface area contributed by atoms with Crippen LogP contribution >= 0.6 is 0 Å². The lowest BCUT2D eigenvalue weighted by Crippen LogP contribution is -2.11. The maximum absolute atomic E-state index is 3.67. The van der Waals surface area contributed by atoms with E-state index in [1.54, 1.807) is 0 Å². The Hall–Kier alpha value is -0.560. The lowest BCUT2D eigenvalue weighted by Gasteiger charge is -2.10. The number of hydrogen-bond donors (Lipinski definition) is 1. The van der Waals surface area contributed by atoms with Crippen LogP contribution in [0.4, 0.5) is 0 Å². The summed E-state index contributed by atoms with van der Waals surface area (Å²) >= 11 is 0. The highest BCUT2D eigenvalue weighted by Crippen LogP contribution is 2.11. The van der Waals surface area contributed by atoms with Crippen LogP contribution in [0.5, 0.6) is 0 Å². The van der Waals surface area contributed by atoms with Gasteiger partial charge in [0.1, 0.15) is 0 Å². The molecule has 0 aliphatic carbocycles. The quantitative estimate of drug-likeness (QED) is 0.575. The molecule has 1 nitrogen and oxygen atoms in total. The van der Waals surface area contributed by atoms with Crippen LogP contribution < -0.4 is 5.32 Å². The Labute approximate surface area is 76.6 Å². The molecule has 0 aromatic heterocycles. The highest BCUT2D eigenvalue weighted by molar-refractivity contribution is 5.00. The molecule has 0 spiro atoms. The van der Waals surface area contributed by atoms with Crippen molar-refractivity contribution in [2.24, 2.45) is 5.92 Å². The van der Waals surface area contributed by atoms with Gasteiger partial charge in [-0.25, -0.2) is 0 Å². The summed E-state index contributed by atoms with van der Waals surface area (Å²) in [5, 5.41) is 3.17. The summed E-state index contributed by atoms with van der Waals surface area (Å²) in [7, 11) is 2.00. The van der Waals surface area contributed by atoms with Crippen molar-refractivity contribution in [2.45, 2.75) is 26.2 Å². The van der Waals surface area contributed by atoms with Crippen LogP contribution in [0.1, 0.15) is 26.2 Å². The number of hydrogen-bond acceptors (Lipinski definition) is 1. The molecule has 0 saturated heterocycles. The highest BCUT2D eigenvalue weighted by atomic mass is 14.8. The Morgan fingerprint density at radius 3 is 2.67 bits per heavy atom. The third-order valence-corrected chi connectivity index (χ3v) is 1.94. The van der Waals surface area contributed by atoms with Gasteiger partial charge in [-0.15, -0.1) is 0 Å². The third-order valence-electron chi connectivity index (χ3n) is 1.94. The molecule has 0 radical (unpaired) electrons. The van der Waals surface area contributed by atoms with Crippen LogP contribution in [0.2, 0.25) is 0 Å². The zero-order chi connectivity index (χ0) is 9.23. The molecule has 1 N–H and O–H groups in total. The molecule has 0 aromatic carbocycles. The summed E-state index contributed by atoms with van der Waals surface area (Å²) in [5.74, 6) is 0.723. The first-order chi connectivity index (χ1) is 5.85. The monoisotopic (exact) mass is 167 g/mol. The predicted octanol–water partition coefficient (Wildman–Crippen LogP) is 2.75. The molecule has 0 aliphatic heterocycles. The van der Waals surface area contributed by atoms with E-state index >= 15 is 0 Å². The number of nitrogens with one attached hydrogen (secondary N) is 1. The van der Waals surface area contributed by atoms with Crippen molar-refractivity contribution in [2.75, 3.05) is 13.6 Å². The summed E-state index contributed by atoms with van der Waals surface area (Å²) in [6, 6.07) is 0. The van der Waals surface area contributed by atoms with E-state index in [-0.39, 0.29) is 0 Å². The van der Waals surface area contributed by atoms with Crippen LogP contribution in [0.15, 0.2) is 24.8 Å². The van der Waals surface area contributed by atoms with Crippen LogP contribution in [-0.2, 0) is 0 Å². The lowest BCUT2D eigenvalue weighted by atomic mass is 9.99. The minimum absolute atomic E-state index is 0.723. The van der Waals surface area contributed by atoms with Gasteiger partial charge in [-0.3, -0.25) is 0 Å². The molecule has 12 heavy (non-hydrogen) atoms. The van der Waals surface area contributed by atoms with Gasteiger partial charge in [-0.05, 0) is 32.4 Å². The fraction of sp³-hybridized carbons (Fsp3) is 0.636. The molecule has 0 amide bonds. The van der Waals surface area contributed by atoms with Gasteiger partial charge >= 0.3 is 0 Å². The van der Waals surface area contributed by atoms with Crippen molar-refractivity contribution in [3.8, 4) is 0 Å². The van der Waals surface area contributed by atoms with Crippen molar-refractivity contribution in [1.29, 1.82) is 0 Å². The SMILES string of the molecule is C=CC=CC(CCC)CCNC. The van der Waals surface area contributed by atoms with Gasteiger partial charge < -0.3 is 5.32 Å². The molecule has 0 heterocycles. The predicted molar refractivity (Wildman–Crippen MR) is 56.3 cm³/mol. The molecule has 0 fully saturated rings. The summed E-state index contributed by atoms with van der Waals surface area (Å²) in [4.78, 5) is 0. The smallest absolute Gasteiger partial charge is 0.00463 e. The molecule has 1 unspecified atom stereocenters. The summed E-state index contributed by atoms with van der Waals surface area (Å²) in [6.45, 7) is 7.00. The van der Waals surface area contributed by atoms with Crippen molar-refractivity contribution >= 4 is 0 Å². The van der Waals surface area contributed by atoms with Gasteiger partial charge in [0.05, 0.1) is 0 Å². The van der Waals surface area contributed by atoms with Crippen LogP contribution in [-0.4, -0.2) is 13.6 Å². The molecule has 70 valence electrons. The van der Waals surface area contributed by atoms with E-state index in [1.807, 2.05) is 13.1 Å². The average molecular weight is 167 g/mol. The molecule has 1 heteroatoms. The Kier molecular flexibility index (Phi) is 8.14. The fourth-order valence-electron chi connectivity index (χ4n) is 1.27. The third kappa shape index (κ3) is 6.17. The first-order valence-corrected chi connectivity index (χ1v) is 4.79. The summed E-state index contributed by atoms with van der Waals surface area (Å²) in [5.41, 5.74) is 0. The van der Waals surface area contributed by atoms with E-state index in [9.17, 15) is 0 Å². The Morgan fingerprint density at radius 1 is 1.42 bits per heavy atom. The van der Waals surface area contributed by atoms with Crippen molar-refractivity contribution in [1.82, 2.24) is 5.32 Å². The molecule has 0 aliphatic rings. The number of allylic oxidation sites excluding steroid dienone is 3. The second-order valence-corrected chi connectivity index (χ2v) is 3.06. The number of rotatable bonds is 7. The minimum Gasteiger partial charge on any atom is -0.320 e. The van der Waals surface area contributed by atoms with Gasteiger partial charge in [-0.2, -0.15) is 0 Å². The van der Waals surface area contributed by atoms with Gasteiger partial charge in [0, 0.05) is 0 Å². The first kappa shape index (κ1) is 11.4.